The highest BCUT2D eigenvalue weighted by molar-refractivity contribution is 6.07. The van der Waals surface area contributed by atoms with Crippen molar-refractivity contribution in [1.29, 1.82) is 0 Å². The number of piperidine rings is 1. The van der Waals surface area contributed by atoms with Crippen molar-refractivity contribution in [1.82, 2.24) is 10.2 Å². The molecule has 4 rings (SSSR count). The predicted octanol–water partition coefficient (Wildman–Crippen LogP) is 4.18. The number of hydrogen-bond donors (Lipinski definition) is 1. The number of likely N-dealkylation sites (tertiary alicyclic amines) is 1. The van der Waals surface area contributed by atoms with Gasteiger partial charge in [0.25, 0.3) is 11.8 Å². The molecule has 0 atom stereocenters. The molecule has 4 nitrogen and oxygen atoms in total. The van der Waals surface area contributed by atoms with Gasteiger partial charge < -0.3 is 10.2 Å². The number of benzene rings is 3. The van der Waals surface area contributed by atoms with Crippen LogP contribution in [-0.4, -0.2) is 35.8 Å². The molecule has 142 valence electrons. The van der Waals surface area contributed by atoms with E-state index in [2.05, 4.69) is 5.32 Å². The third kappa shape index (κ3) is 3.77. The third-order valence-corrected chi connectivity index (χ3v) is 5.42. The first-order chi connectivity index (χ1) is 13.6. The van der Waals surface area contributed by atoms with Gasteiger partial charge in [0.1, 0.15) is 0 Å². The molecule has 0 radical (unpaired) electrons. The van der Waals surface area contributed by atoms with Gasteiger partial charge in [-0.2, -0.15) is 0 Å². The summed E-state index contributed by atoms with van der Waals surface area (Å²) in [6, 6.07) is 21.5. The molecule has 3 aromatic rings. The van der Waals surface area contributed by atoms with Gasteiger partial charge in [0.05, 0.1) is 0 Å². The lowest BCUT2D eigenvalue weighted by Crippen LogP contribution is -2.46. The Morgan fingerprint density at radius 3 is 2.43 bits per heavy atom. The van der Waals surface area contributed by atoms with Gasteiger partial charge in [0.2, 0.25) is 0 Å². The number of amides is 2. The number of nitrogens with zero attached hydrogens (tertiary/aromatic N) is 1. The van der Waals surface area contributed by atoms with Crippen molar-refractivity contribution in [2.75, 3.05) is 13.1 Å². The smallest absolute Gasteiger partial charge is 0.254 e. The topological polar surface area (TPSA) is 49.4 Å². The van der Waals surface area contributed by atoms with Crippen molar-refractivity contribution in [2.24, 2.45) is 0 Å². The summed E-state index contributed by atoms with van der Waals surface area (Å²) in [5, 5.41) is 5.18. The van der Waals surface area contributed by atoms with Crippen molar-refractivity contribution in [3.63, 3.8) is 0 Å². The Balaban J connectivity index is 1.40. The van der Waals surface area contributed by atoms with Crippen molar-refractivity contribution >= 4 is 22.6 Å². The van der Waals surface area contributed by atoms with Crippen LogP contribution in [0.4, 0.5) is 0 Å². The van der Waals surface area contributed by atoms with Crippen LogP contribution in [0.15, 0.2) is 66.7 Å². The molecule has 0 bridgehead atoms. The third-order valence-electron chi connectivity index (χ3n) is 5.42. The summed E-state index contributed by atoms with van der Waals surface area (Å²) in [4.78, 5) is 27.4. The summed E-state index contributed by atoms with van der Waals surface area (Å²) in [5.41, 5.74) is 2.51. The second-order valence-electron chi connectivity index (χ2n) is 7.44. The quantitative estimate of drug-likeness (QED) is 0.750. The van der Waals surface area contributed by atoms with Crippen LogP contribution in [0.5, 0.6) is 0 Å². The molecule has 1 heterocycles. The lowest BCUT2D eigenvalue weighted by molar-refractivity contribution is 0.0700. The number of aryl methyl sites for hydroxylation is 1. The fraction of sp³-hybridized carbons (Fsp3) is 0.250. The lowest BCUT2D eigenvalue weighted by atomic mass is 10.0. The molecule has 0 aliphatic carbocycles. The number of nitrogens with one attached hydrogen (secondary N) is 1. The average Bonchev–Trinajstić information content (AvgIpc) is 2.73. The highest BCUT2D eigenvalue weighted by Gasteiger charge is 2.25. The number of hydrogen-bond acceptors (Lipinski definition) is 2. The van der Waals surface area contributed by atoms with Crippen molar-refractivity contribution in [3.05, 3.63) is 83.4 Å². The molecular formula is C24H24N2O2. The Labute approximate surface area is 165 Å². The zero-order valence-electron chi connectivity index (χ0n) is 16.0. The van der Waals surface area contributed by atoms with Gasteiger partial charge in [-0.15, -0.1) is 0 Å². The highest BCUT2D eigenvalue weighted by atomic mass is 16.2. The summed E-state index contributed by atoms with van der Waals surface area (Å²) >= 11 is 0. The van der Waals surface area contributed by atoms with Crippen molar-refractivity contribution in [3.8, 4) is 0 Å². The minimum Gasteiger partial charge on any atom is -0.349 e. The van der Waals surface area contributed by atoms with Gasteiger partial charge >= 0.3 is 0 Å². The van der Waals surface area contributed by atoms with E-state index in [1.165, 1.54) is 0 Å². The molecule has 1 aliphatic heterocycles. The molecule has 0 saturated carbocycles. The molecule has 3 aromatic carbocycles. The summed E-state index contributed by atoms with van der Waals surface area (Å²) in [7, 11) is 0. The summed E-state index contributed by atoms with van der Waals surface area (Å²) in [5.74, 6) is 0.0304. The van der Waals surface area contributed by atoms with E-state index in [4.69, 9.17) is 0 Å². The lowest BCUT2D eigenvalue weighted by Gasteiger charge is -2.32. The van der Waals surface area contributed by atoms with Gasteiger partial charge in [-0.05, 0) is 48.7 Å². The van der Waals surface area contributed by atoms with Gasteiger partial charge in [-0.1, -0.05) is 54.1 Å². The zero-order valence-corrected chi connectivity index (χ0v) is 16.0. The van der Waals surface area contributed by atoms with Gasteiger partial charge in [0.15, 0.2) is 0 Å². The molecule has 0 aromatic heterocycles. The number of rotatable bonds is 3. The molecule has 0 spiro atoms. The van der Waals surface area contributed by atoms with E-state index < -0.39 is 0 Å². The second kappa shape index (κ2) is 7.85. The van der Waals surface area contributed by atoms with Crippen LogP contribution in [-0.2, 0) is 0 Å². The molecular weight excluding hydrogens is 348 g/mol. The second-order valence-corrected chi connectivity index (χ2v) is 7.44. The standard InChI is InChI=1S/C24H24N2O2/c1-17-6-4-9-19(16-17)23(27)25-20-12-14-26(15-13-20)24(28)22-11-5-8-18-7-2-3-10-21(18)22/h2-11,16,20H,12-15H2,1H3,(H,25,27). The first kappa shape index (κ1) is 18.2. The van der Waals surface area contributed by atoms with E-state index in [0.29, 0.717) is 18.7 Å². The number of carbonyl (C=O) groups is 2. The molecule has 0 unspecified atom stereocenters. The van der Waals surface area contributed by atoms with Crippen molar-refractivity contribution < 1.29 is 9.59 Å². The predicted molar refractivity (Wildman–Crippen MR) is 112 cm³/mol. The molecule has 1 aliphatic rings. The average molecular weight is 372 g/mol. The minimum atomic E-state index is -0.0393. The van der Waals surface area contributed by atoms with Gasteiger partial charge in [-0.25, -0.2) is 0 Å². The molecule has 1 N–H and O–H groups in total. The van der Waals surface area contributed by atoms with Gasteiger partial charge in [0, 0.05) is 30.3 Å². The maximum Gasteiger partial charge on any atom is 0.254 e. The summed E-state index contributed by atoms with van der Waals surface area (Å²) < 4.78 is 0. The van der Waals surface area contributed by atoms with Crippen LogP contribution in [0, 0.1) is 6.92 Å². The summed E-state index contributed by atoms with van der Waals surface area (Å²) in [6.45, 7) is 3.29. The SMILES string of the molecule is Cc1cccc(C(=O)NC2CCN(C(=O)c3cccc4ccccc34)CC2)c1. The fourth-order valence-electron chi connectivity index (χ4n) is 3.86. The first-order valence-corrected chi connectivity index (χ1v) is 9.76. The van der Waals surface area contributed by atoms with Crippen LogP contribution in [0.1, 0.15) is 39.1 Å². The molecule has 1 fully saturated rings. The van der Waals surface area contributed by atoms with E-state index in [1.54, 1.807) is 0 Å². The first-order valence-electron chi connectivity index (χ1n) is 9.76. The molecule has 4 heteroatoms. The largest absolute Gasteiger partial charge is 0.349 e. The van der Waals surface area contributed by atoms with Gasteiger partial charge in [-0.3, -0.25) is 9.59 Å². The van der Waals surface area contributed by atoms with Crippen LogP contribution in [0.3, 0.4) is 0 Å². The van der Waals surface area contributed by atoms with E-state index in [9.17, 15) is 9.59 Å². The Hall–Kier alpha value is -3.14. The Bertz CT molecular complexity index is 1010. The van der Waals surface area contributed by atoms with Crippen molar-refractivity contribution in [2.45, 2.75) is 25.8 Å². The van der Waals surface area contributed by atoms with E-state index in [-0.39, 0.29) is 17.9 Å². The summed E-state index contributed by atoms with van der Waals surface area (Å²) in [6.07, 6.45) is 1.54. The molecule has 28 heavy (non-hydrogen) atoms. The van der Waals surface area contributed by atoms with E-state index in [1.807, 2.05) is 78.6 Å². The normalized spacial score (nSPS) is 14.8. The minimum absolute atomic E-state index is 0.0393. The Morgan fingerprint density at radius 1 is 0.929 bits per heavy atom. The van der Waals surface area contributed by atoms with Crippen LogP contribution < -0.4 is 5.32 Å². The van der Waals surface area contributed by atoms with E-state index >= 15 is 0 Å². The van der Waals surface area contributed by atoms with Crippen LogP contribution >= 0.6 is 0 Å². The Kier molecular flexibility index (Phi) is 5.11. The zero-order chi connectivity index (χ0) is 19.5. The van der Waals surface area contributed by atoms with Crippen LogP contribution in [0.25, 0.3) is 10.8 Å². The molecule has 1 saturated heterocycles. The van der Waals surface area contributed by atoms with E-state index in [0.717, 1.165) is 34.7 Å². The van der Waals surface area contributed by atoms with Crippen LogP contribution in [0.2, 0.25) is 0 Å². The fourth-order valence-corrected chi connectivity index (χ4v) is 3.86. The number of carbonyl (C=O) groups excluding carboxylic acids is 2. The highest BCUT2D eigenvalue weighted by Crippen LogP contribution is 2.22. The maximum atomic E-state index is 13.0. The Morgan fingerprint density at radius 2 is 1.64 bits per heavy atom. The molecule has 2 amide bonds. The number of fused-ring (bicyclic) bond motifs is 1. The monoisotopic (exact) mass is 372 g/mol. The maximum absolute atomic E-state index is 13.0.